The van der Waals surface area contributed by atoms with Crippen LogP contribution in [0.5, 0.6) is 0 Å². The number of halogens is 1. The Hall–Kier alpha value is -1.99. The van der Waals surface area contributed by atoms with Crippen molar-refractivity contribution in [3.05, 3.63) is 53.4 Å². The highest BCUT2D eigenvalue weighted by atomic mass is 35.5. The number of sulfonamides is 1. The minimum Gasteiger partial charge on any atom is -0.274 e. The van der Waals surface area contributed by atoms with Gasteiger partial charge in [0.25, 0.3) is 10.0 Å². The van der Waals surface area contributed by atoms with E-state index in [-0.39, 0.29) is 16.9 Å². The lowest BCUT2D eigenvalue weighted by Gasteiger charge is -2.05. The van der Waals surface area contributed by atoms with E-state index in [0.717, 1.165) is 11.8 Å². The fraction of sp³-hybridized carbons (Fsp3) is 0.214. The Kier molecular flexibility index (Phi) is 3.84. The van der Waals surface area contributed by atoms with Crippen LogP contribution in [0.2, 0.25) is 5.02 Å². The van der Waals surface area contributed by atoms with E-state index in [4.69, 9.17) is 11.6 Å². The number of nitrogens with one attached hydrogen (secondary N) is 1. The minimum absolute atomic E-state index is 0.0225. The van der Waals surface area contributed by atoms with Crippen LogP contribution >= 0.6 is 11.6 Å². The Morgan fingerprint density at radius 1 is 1.23 bits per heavy atom. The first kappa shape index (κ1) is 14.9. The summed E-state index contributed by atoms with van der Waals surface area (Å²) in [6.07, 6.45) is 4.33. The quantitative estimate of drug-likeness (QED) is 0.917. The van der Waals surface area contributed by atoms with Crippen LogP contribution in [0.3, 0.4) is 0 Å². The molecular formula is C14H12ClN3O3S. The van der Waals surface area contributed by atoms with Gasteiger partial charge in [-0.1, -0.05) is 23.7 Å². The molecule has 1 heterocycles. The normalized spacial score (nSPS) is 20.4. The molecule has 3 rings (SSSR count). The number of hydrogen-bond acceptors (Lipinski definition) is 5. The van der Waals surface area contributed by atoms with Crippen molar-refractivity contribution >= 4 is 27.5 Å². The highest BCUT2D eigenvalue weighted by molar-refractivity contribution is 7.90. The lowest BCUT2D eigenvalue weighted by Crippen LogP contribution is -2.32. The summed E-state index contributed by atoms with van der Waals surface area (Å²) in [6.45, 7) is 0. The first-order valence-corrected chi connectivity index (χ1v) is 8.41. The van der Waals surface area contributed by atoms with Crippen molar-refractivity contribution in [2.45, 2.75) is 17.4 Å². The van der Waals surface area contributed by atoms with E-state index < -0.39 is 15.9 Å². The molecule has 0 unspecified atom stereocenters. The number of rotatable bonds is 4. The van der Waals surface area contributed by atoms with E-state index in [9.17, 15) is 13.2 Å². The summed E-state index contributed by atoms with van der Waals surface area (Å²) in [6, 6.07) is 7.19. The van der Waals surface area contributed by atoms with Gasteiger partial charge in [-0.05, 0) is 30.0 Å². The van der Waals surface area contributed by atoms with Crippen LogP contribution in [-0.4, -0.2) is 24.3 Å². The summed E-state index contributed by atoms with van der Waals surface area (Å²) in [5.74, 6) is -0.854. The predicted octanol–water partition coefficient (Wildman–Crippen LogP) is 1.74. The average Bonchev–Trinajstić information content (AvgIpc) is 3.29. The van der Waals surface area contributed by atoms with E-state index in [1.54, 1.807) is 12.1 Å². The molecule has 1 fully saturated rings. The van der Waals surface area contributed by atoms with Crippen LogP contribution in [0.1, 0.15) is 17.9 Å². The largest absolute Gasteiger partial charge is 0.283 e. The molecule has 8 heteroatoms. The van der Waals surface area contributed by atoms with E-state index >= 15 is 0 Å². The van der Waals surface area contributed by atoms with Crippen LogP contribution in [0, 0.1) is 5.92 Å². The van der Waals surface area contributed by atoms with Crippen molar-refractivity contribution in [1.29, 1.82) is 0 Å². The van der Waals surface area contributed by atoms with Crippen LogP contribution in [0.4, 0.5) is 0 Å². The molecule has 2 atom stereocenters. The standard InChI is InChI=1S/C14H12ClN3O3S/c15-10-3-1-9(2-4-10)11-7-12(11)14(19)18-22(20,21)13-8-16-5-6-17-13/h1-6,8,11-12H,7H2,(H,18,19)/t11-,12+/m1/s1. The van der Waals surface area contributed by atoms with E-state index in [1.807, 2.05) is 12.1 Å². The third kappa shape index (κ3) is 3.10. The SMILES string of the molecule is O=C(NS(=O)(=O)c1cnccn1)[C@H]1C[C@@H]1c1ccc(Cl)cc1. The highest BCUT2D eigenvalue weighted by Crippen LogP contribution is 2.47. The number of amides is 1. The van der Waals surface area contributed by atoms with Crippen molar-refractivity contribution in [2.24, 2.45) is 5.92 Å². The second kappa shape index (κ2) is 5.66. The van der Waals surface area contributed by atoms with E-state index in [1.165, 1.54) is 12.4 Å². The molecule has 1 aromatic heterocycles. The summed E-state index contributed by atoms with van der Waals surface area (Å²) in [4.78, 5) is 19.5. The summed E-state index contributed by atoms with van der Waals surface area (Å²) in [5.41, 5.74) is 0.974. The Labute approximate surface area is 132 Å². The summed E-state index contributed by atoms with van der Waals surface area (Å²) in [7, 11) is -3.97. The van der Waals surface area contributed by atoms with Crippen molar-refractivity contribution in [3.63, 3.8) is 0 Å². The minimum atomic E-state index is -3.97. The van der Waals surface area contributed by atoms with Crippen LogP contribution < -0.4 is 4.72 Å². The molecule has 0 aliphatic heterocycles. The third-order valence-electron chi connectivity index (χ3n) is 3.48. The Balaban J connectivity index is 1.68. The molecule has 0 saturated heterocycles. The number of nitrogens with zero attached hydrogens (tertiary/aromatic N) is 2. The van der Waals surface area contributed by atoms with Gasteiger partial charge in [0.15, 0.2) is 5.03 Å². The molecule has 0 spiro atoms. The number of carbonyl (C=O) groups excluding carboxylic acids is 1. The molecular weight excluding hydrogens is 326 g/mol. The molecule has 1 aliphatic rings. The molecule has 6 nitrogen and oxygen atoms in total. The van der Waals surface area contributed by atoms with Crippen LogP contribution in [-0.2, 0) is 14.8 Å². The average molecular weight is 338 g/mol. The van der Waals surface area contributed by atoms with Crippen molar-refractivity contribution in [3.8, 4) is 0 Å². The summed E-state index contributed by atoms with van der Waals surface area (Å²) < 4.78 is 26.1. The molecule has 1 saturated carbocycles. The van der Waals surface area contributed by atoms with Gasteiger partial charge in [0.1, 0.15) is 0 Å². The zero-order chi connectivity index (χ0) is 15.7. The van der Waals surface area contributed by atoms with Crippen molar-refractivity contribution < 1.29 is 13.2 Å². The number of aromatic nitrogens is 2. The molecule has 114 valence electrons. The second-order valence-corrected chi connectivity index (χ2v) is 7.08. The Morgan fingerprint density at radius 3 is 2.59 bits per heavy atom. The van der Waals surface area contributed by atoms with Gasteiger partial charge in [0.05, 0.1) is 6.20 Å². The second-order valence-electron chi connectivity index (χ2n) is 5.01. The van der Waals surface area contributed by atoms with Gasteiger partial charge in [-0.15, -0.1) is 0 Å². The van der Waals surface area contributed by atoms with Gasteiger partial charge in [0, 0.05) is 23.3 Å². The highest BCUT2D eigenvalue weighted by Gasteiger charge is 2.45. The van der Waals surface area contributed by atoms with Gasteiger partial charge < -0.3 is 0 Å². The van der Waals surface area contributed by atoms with Gasteiger partial charge in [-0.25, -0.2) is 9.71 Å². The number of benzene rings is 1. The van der Waals surface area contributed by atoms with Crippen molar-refractivity contribution in [1.82, 2.24) is 14.7 Å². The predicted molar refractivity (Wildman–Crippen MR) is 79.7 cm³/mol. The molecule has 1 N–H and O–H groups in total. The Bertz CT molecular complexity index is 794. The molecule has 0 bridgehead atoms. The topological polar surface area (TPSA) is 89.0 Å². The van der Waals surface area contributed by atoms with E-state index in [2.05, 4.69) is 14.7 Å². The maximum absolute atomic E-state index is 12.1. The number of carbonyl (C=O) groups is 1. The van der Waals surface area contributed by atoms with Gasteiger partial charge >= 0.3 is 0 Å². The lowest BCUT2D eigenvalue weighted by molar-refractivity contribution is -0.120. The zero-order valence-corrected chi connectivity index (χ0v) is 12.9. The summed E-state index contributed by atoms with van der Waals surface area (Å²) >= 11 is 5.82. The first-order valence-electron chi connectivity index (χ1n) is 6.55. The smallest absolute Gasteiger partial charge is 0.274 e. The maximum Gasteiger partial charge on any atom is 0.283 e. The molecule has 1 aromatic carbocycles. The molecule has 1 amide bonds. The molecule has 2 aromatic rings. The number of hydrogen-bond donors (Lipinski definition) is 1. The van der Waals surface area contributed by atoms with Crippen molar-refractivity contribution in [2.75, 3.05) is 0 Å². The summed E-state index contributed by atoms with van der Waals surface area (Å²) in [5, 5.41) is 0.350. The zero-order valence-electron chi connectivity index (χ0n) is 11.3. The molecule has 0 radical (unpaired) electrons. The Morgan fingerprint density at radius 2 is 1.95 bits per heavy atom. The van der Waals surface area contributed by atoms with Gasteiger partial charge in [-0.3, -0.25) is 9.78 Å². The fourth-order valence-electron chi connectivity index (χ4n) is 2.25. The first-order chi connectivity index (χ1) is 10.5. The molecule has 22 heavy (non-hydrogen) atoms. The fourth-order valence-corrected chi connectivity index (χ4v) is 3.29. The van der Waals surface area contributed by atoms with Gasteiger partial charge in [-0.2, -0.15) is 8.42 Å². The maximum atomic E-state index is 12.1. The molecule has 1 aliphatic carbocycles. The van der Waals surface area contributed by atoms with E-state index in [0.29, 0.717) is 11.4 Å². The van der Waals surface area contributed by atoms with Crippen LogP contribution in [0.25, 0.3) is 0 Å². The monoisotopic (exact) mass is 337 g/mol. The van der Waals surface area contributed by atoms with Gasteiger partial charge in [0.2, 0.25) is 5.91 Å². The third-order valence-corrected chi connectivity index (χ3v) is 4.96. The van der Waals surface area contributed by atoms with Crippen LogP contribution in [0.15, 0.2) is 47.9 Å². The lowest BCUT2D eigenvalue weighted by atomic mass is 10.1.